The Morgan fingerprint density at radius 2 is 2.10 bits per heavy atom. The van der Waals surface area contributed by atoms with Crippen LogP contribution in [-0.2, 0) is 6.54 Å². The van der Waals surface area contributed by atoms with Gasteiger partial charge in [0.05, 0.1) is 0 Å². The van der Waals surface area contributed by atoms with Crippen molar-refractivity contribution in [3.8, 4) is 0 Å². The van der Waals surface area contributed by atoms with Crippen LogP contribution in [0.2, 0.25) is 0 Å². The molecule has 4 heteroatoms. The van der Waals surface area contributed by atoms with Gasteiger partial charge in [-0.25, -0.2) is 9.37 Å². The molecule has 0 bridgehead atoms. The van der Waals surface area contributed by atoms with E-state index in [0.29, 0.717) is 29.9 Å². The van der Waals surface area contributed by atoms with Gasteiger partial charge in [-0.3, -0.25) is 0 Å². The lowest BCUT2D eigenvalue weighted by atomic mass is 10.1. The average Bonchev–Trinajstić information content (AvgIpc) is 2.93. The molecule has 20 heavy (non-hydrogen) atoms. The Morgan fingerprint density at radius 1 is 1.40 bits per heavy atom. The van der Waals surface area contributed by atoms with Crippen LogP contribution in [0.5, 0.6) is 0 Å². The van der Waals surface area contributed by atoms with Crippen LogP contribution in [-0.4, -0.2) is 24.6 Å². The van der Waals surface area contributed by atoms with E-state index in [2.05, 4.69) is 29.0 Å². The molecule has 0 unspecified atom stereocenters. The van der Waals surface area contributed by atoms with Gasteiger partial charge in [-0.15, -0.1) is 0 Å². The fourth-order valence-electron chi connectivity index (χ4n) is 3.02. The molecule has 1 aliphatic carbocycles. The smallest absolute Gasteiger partial charge is 0.170 e. The van der Waals surface area contributed by atoms with Gasteiger partial charge >= 0.3 is 0 Å². The largest absolute Gasteiger partial charge is 0.351 e. The maximum absolute atomic E-state index is 14.7. The minimum absolute atomic E-state index is 0.158. The molecule has 112 valence electrons. The summed E-state index contributed by atoms with van der Waals surface area (Å²) in [5.74, 6) is 0.887. The van der Waals surface area contributed by atoms with Crippen LogP contribution in [0, 0.1) is 11.7 Å². The number of rotatable bonds is 6. The summed E-state index contributed by atoms with van der Waals surface area (Å²) in [7, 11) is 1.84. The molecule has 0 spiro atoms. The van der Waals surface area contributed by atoms with Gasteiger partial charge in [0.15, 0.2) is 11.6 Å². The summed E-state index contributed by atoms with van der Waals surface area (Å²) in [4.78, 5) is 6.54. The fourth-order valence-corrected chi connectivity index (χ4v) is 3.02. The molecule has 1 aromatic heterocycles. The van der Waals surface area contributed by atoms with Crippen molar-refractivity contribution in [2.75, 3.05) is 18.5 Å². The zero-order valence-electron chi connectivity index (χ0n) is 12.8. The van der Waals surface area contributed by atoms with Crippen molar-refractivity contribution in [1.82, 2.24) is 10.3 Å². The minimum atomic E-state index is -0.158. The first-order valence-electron chi connectivity index (χ1n) is 7.68. The molecule has 1 fully saturated rings. The van der Waals surface area contributed by atoms with E-state index in [9.17, 15) is 4.39 Å². The van der Waals surface area contributed by atoms with Crippen molar-refractivity contribution in [3.63, 3.8) is 0 Å². The number of halogens is 1. The zero-order valence-corrected chi connectivity index (χ0v) is 12.8. The van der Waals surface area contributed by atoms with Gasteiger partial charge in [-0.05, 0) is 31.9 Å². The van der Waals surface area contributed by atoms with Crippen LogP contribution in [0.15, 0.2) is 12.3 Å². The van der Waals surface area contributed by atoms with Crippen molar-refractivity contribution >= 4 is 5.82 Å². The highest BCUT2D eigenvalue weighted by Crippen LogP contribution is 2.30. The molecule has 1 saturated carbocycles. The number of nitrogens with one attached hydrogen (secondary N) is 1. The summed E-state index contributed by atoms with van der Waals surface area (Å²) in [6.45, 7) is 5.77. The molecule has 0 atom stereocenters. The Kier molecular flexibility index (Phi) is 5.35. The number of hydrogen-bond acceptors (Lipinski definition) is 3. The van der Waals surface area contributed by atoms with Gasteiger partial charge < -0.3 is 10.2 Å². The van der Waals surface area contributed by atoms with E-state index in [1.807, 2.05) is 7.05 Å². The zero-order chi connectivity index (χ0) is 14.5. The monoisotopic (exact) mass is 279 g/mol. The minimum Gasteiger partial charge on any atom is -0.351 e. The topological polar surface area (TPSA) is 28.2 Å². The molecule has 0 saturated heterocycles. The summed E-state index contributed by atoms with van der Waals surface area (Å²) in [6, 6.07) is 2.21. The third kappa shape index (κ3) is 3.48. The second-order valence-electron chi connectivity index (χ2n) is 6.12. The van der Waals surface area contributed by atoms with Gasteiger partial charge in [-0.1, -0.05) is 26.7 Å². The highest BCUT2D eigenvalue weighted by molar-refractivity contribution is 5.44. The highest BCUT2D eigenvalue weighted by atomic mass is 19.1. The lowest BCUT2D eigenvalue weighted by molar-refractivity contribution is 0.509. The average molecular weight is 279 g/mol. The molecule has 1 aliphatic rings. The summed E-state index contributed by atoms with van der Waals surface area (Å²) in [5, 5.41) is 3.01. The Morgan fingerprint density at radius 3 is 2.70 bits per heavy atom. The highest BCUT2D eigenvalue weighted by Gasteiger charge is 2.27. The van der Waals surface area contributed by atoms with Gasteiger partial charge in [0.1, 0.15) is 0 Å². The standard InChI is InChI=1S/C16H26FN3/c1-12(2)11-20(14-6-4-5-7-14)16-15(17)13(10-18-3)8-9-19-16/h8-9,12,14,18H,4-7,10-11H2,1-3H3. The maximum Gasteiger partial charge on any atom is 0.170 e. The van der Waals surface area contributed by atoms with Crippen molar-refractivity contribution in [2.24, 2.45) is 5.92 Å². The predicted octanol–water partition coefficient (Wildman–Crippen LogP) is 3.35. The number of anilines is 1. The lowest BCUT2D eigenvalue weighted by Gasteiger charge is -2.32. The fraction of sp³-hybridized carbons (Fsp3) is 0.688. The third-order valence-electron chi connectivity index (χ3n) is 3.92. The van der Waals surface area contributed by atoms with Gasteiger partial charge in [0.25, 0.3) is 0 Å². The molecular formula is C16H26FN3. The summed E-state index contributed by atoms with van der Waals surface area (Å²) < 4.78 is 14.7. The molecule has 1 N–H and O–H groups in total. The van der Waals surface area contributed by atoms with Crippen LogP contribution >= 0.6 is 0 Å². The molecule has 0 radical (unpaired) electrons. The van der Waals surface area contributed by atoms with E-state index in [1.165, 1.54) is 12.8 Å². The predicted molar refractivity (Wildman–Crippen MR) is 81.4 cm³/mol. The van der Waals surface area contributed by atoms with E-state index in [1.54, 1.807) is 12.3 Å². The molecule has 0 aliphatic heterocycles. The third-order valence-corrected chi connectivity index (χ3v) is 3.92. The van der Waals surface area contributed by atoms with Crippen LogP contribution in [0.25, 0.3) is 0 Å². The van der Waals surface area contributed by atoms with E-state index in [4.69, 9.17) is 0 Å². The van der Waals surface area contributed by atoms with Gasteiger partial charge in [-0.2, -0.15) is 0 Å². The Bertz CT molecular complexity index is 428. The van der Waals surface area contributed by atoms with Gasteiger partial charge in [0.2, 0.25) is 0 Å². The summed E-state index contributed by atoms with van der Waals surface area (Å²) in [6.07, 6.45) is 6.54. The SMILES string of the molecule is CNCc1ccnc(N(CC(C)C)C2CCCC2)c1F. The lowest BCUT2D eigenvalue weighted by Crippen LogP contribution is -2.37. The molecule has 0 aromatic carbocycles. The first-order chi connectivity index (χ1) is 9.63. The second-order valence-corrected chi connectivity index (χ2v) is 6.12. The normalized spacial score (nSPS) is 16.1. The van der Waals surface area contributed by atoms with Crippen LogP contribution in [0.1, 0.15) is 45.1 Å². The van der Waals surface area contributed by atoms with E-state index in [0.717, 1.165) is 19.4 Å². The van der Waals surface area contributed by atoms with Crippen molar-refractivity contribution in [3.05, 3.63) is 23.6 Å². The van der Waals surface area contributed by atoms with Gasteiger partial charge in [0, 0.05) is 30.9 Å². The molecule has 3 nitrogen and oxygen atoms in total. The Labute approximate surface area is 121 Å². The number of pyridine rings is 1. The molecular weight excluding hydrogens is 253 g/mol. The quantitative estimate of drug-likeness (QED) is 0.865. The Balaban J connectivity index is 2.29. The van der Waals surface area contributed by atoms with Crippen molar-refractivity contribution in [2.45, 2.75) is 52.1 Å². The molecule has 2 rings (SSSR count). The first kappa shape index (κ1) is 15.2. The van der Waals surface area contributed by atoms with Crippen molar-refractivity contribution < 1.29 is 4.39 Å². The van der Waals surface area contributed by atoms with E-state index < -0.39 is 0 Å². The molecule has 1 heterocycles. The first-order valence-corrected chi connectivity index (χ1v) is 7.68. The molecule has 0 amide bonds. The number of aromatic nitrogens is 1. The second kappa shape index (κ2) is 7.02. The van der Waals surface area contributed by atoms with Crippen LogP contribution in [0.3, 0.4) is 0 Å². The van der Waals surface area contributed by atoms with E-state index in [-0.39, 0.29) is 5.82 Å². The summed E-state index contributed by atoms with van der Waals surface area (Å²) in [5.41, 5.74) is 0.698. The maximum atomic E-state index is 14.7. The van der Waals surface area contributed by atoms with Crippen LogP contribution < -0.4 is 10.2 Å². The van der Waals surface area contributed by atoms with Crippen molar-refractivity contribution in [1.29, 1.82) is 0 Å². The summed E-state index contributed by atoms with van der Waals surface area (Å²) >= 11 is 0. The van der Waals surface area contributed by atoms with E-state index >= 15 is 0 Å². The Hall–Kier alpha value is -1.16. The number of nitrogens with zero attached hydrogens (tertiary/aromatic N) is 2. The van der Waals surface area contributed by atoms with Crippen LogP contribution in [0.4, 0.5) is 10.2 Å². The molecule has 1 aromatic rings. The number of hydrogen-bond donors (Lipinski definition) is 1.